The first-order chi connectivity index (χ1) is 10.8. The molecule has 22 heavy (non-hydrogen) atoms. The lowest BCUT2D eigenvalue weighted by Crippen LogP contribution is -2.09. The molecule has 0 atom stereocenters. The third kappa shape index (κ3) is 2.00. The van der Waals surface area contributed by atoms with Gasteiger partial charge in [-0.15, -0.1) is 0 Å². The smallest absolute Gasteiger partial charge is 0.313 e. The van der Waals surface area contributed by atoms with Crippen molar-refractivity contribution in [1.29, 1.82) is 0 Å². The number of hydrogen-bond acceptors (Lipinski definition) is 3. The Morgan fingerprint density at radius 2 is 1.77 bits per heavy atom. The first-order valence-corrected chi connectivity index (χ1v) is 6.92. The molecule has 0 aliphatic heterocycles. The molecule has 0 aliphatic rings. The summed E-state index contributed by atoms with van der Waals surface area (Å²) in [7, 11) is 0. The second kappa shape index (κ2) is 4.96. The van der Waals surface area contributed by atoms with Gasteiger partial charge in [-0.2, -0.15) is 10.1 Å². The molecule has 0 fully saturated rings. The van der Waals surface area contributed by atoms with Crippen LogP contribution >= 0.6 is 0 Å². The van der Waals surface area contributed by atoms with Crippen LogP contribution in [-0.4, -0.2) is 19.6 Å². The first kappa shape index (κ1) is 12.5. The monoisotopic (exact) mass is 288 g/mol. The molecule has 3 aromatic heterocycles. The van der Waals surface area contributed by atoms with Crippen molar-refractivity contribution in [3.63, 3.8) is 0 Å². The quantitative estimate of drug-likeness (QED) is 0.617. The number of rotatable bonds is 2. The number of pyridine rings is 1. The molecule has 5 heteroatoms. The number of hydrogen-bond donors (Lipinski definition) is 1. The van der Waals surface area contributed by atoms with E-state index in [4.69, 9.17) is 0 Å². The van der Waals surface area contributed by atoms with Crippen LogP contribution in [0.3, 0.4) is 0 Å². The van der Waals surface area contributed by atoms with E-state index < -0.39 is 0 Å². The largest absolute Gasteiger partial charge is 0.345 e. The summed E-state index contributed by atoms with van der Waals surface area (Å²) >= 11 is 0. The molecule has 0 saturated carbocycles. The minimum absolute atomic E-state index is 0.369. The van der Waals surface area contributed by atoms with E-state index in [-0.39, 0.29) is 5.69 Å². The summed E-state index contributed by atoms with van der Waals surface area (Å²) in [6.45, 7) is 0. The average molecular weight is 288 g/mol. The van der Waals surface area contributed by atoms with Crippen LogP contribution in [0.4, 0.5) is 0 Å². The molecule has 0 unspecified atom stereocenters. The normalized spacial score (nSPS) is 10.9. The number of aromatic nitrogens is 4. The summed E-state index contributed by atoms with van der Waals surface area (Å²) in [5.41, 5.74) is 3.82. The van der Waals surface area contributed by atoms with Gasteiger partial charge in [0.05, 0.1) is 16.8 Å². The molecule has 1 aromatic carbocycles. The maximum absolute atomic E-state index is 11.6. The number of nitrogens with one attached hydrogen (secondary N) is 1. The van der Waals surface area contributed by atoms with E-state index in [1.54, 1.807) is 16.8 Å². The van der Waals surface area contributed by atoms with Crippen LogP contribution in [-0.2, 0) is 0 Å². The van der Waals surface area contributed by atoms with Gasteiger partial charge in [0.15, 0.2) is 0 Å². The molecule has 0 aliphatic carbocycles. The van der Waals surface area contributed by atoms with E-state index in [0.717, 1.165) is 22.3 Å². The molecular formula is C17H12N4O. The minimum atomic E-state index is -0.369. The third-order valence-electron chi connectivity index (χ3n) is 3.51. The first-order valence-electron chi connectivity index (χ1n) is 6.92. The zero-order valence-corrected chi connectivity index (χ0v) is 11.6. The number of benzene rings is 1. The predicted octanol–water partition coefficient (Wildman–Crippen LogP) is 2.75. The second-order valence-electron chi connectivity index (χ2n) is 4.90. The Balaban J connectivity index is 2.09. The number of fused-ring (bicyclic) bond motifs is 1. The van der Waals surface area contributed by atoms with Crippen molar-refractivity contribution >= 4 is 5.52 Å². The van der Waals surface area contributed by atoms with Gasteiger partial charge in [0, 0.05) is 18.0 Å². The van der Waals surface area contributed by atoms with Gasteiger partial charge in [-0.25, -0.2) is 9.31 Å². The van der Waals surface area contributed by atoms with E-state index >= 15 is 0 Å². The fourth-order valence-electron chi connectivity index (χ4n) is 2.56. The van der Waals surface area contributed by atoms with Gasteiger partial charge in [0.2, 0.25) is 0 Å². The van der Waals surface area contributed by atoms with Crippen molar-refractivity contribution in [2.45, 2.75) is 0 Å². The van der Waals surface area contributed by atoms with Crippen molar-refractivity contribution in [3.05, 3.63) is 77.5 Å². The molecule has 4 aromatic rings. The Morgan fingerprint density at radius 1 is 0.955 bits per heavy atom. The molecular weight excluding hydrogens is 276 g/mol. The summed E-state index contributed by atoms with van der Waals surface area (Å²) in [6, 6.07) is 17.5. The maximum atomic E-state index is 11.6. The lowest BCUT2D eigenvalue weighted by Gasteiger charge is -2.02. The topological polar surface area (TPSA) is 63.1 Å². The summed E-state index contributed by atoms with van der Waals surface area (Å²) < 4.78 is 1.81. The van der Waals surface area contributed by atoms with Gasteiger partial charge in [-0.3, -0.25) is 0 Å². The second-order valence-corrected chi connectivity index (χ2v) is 4.90. The molecule has 1 N–H and O–H groups in total. The zero-order valence-electron chi connectivity index (χ0n) is 11.6. The molecule has 3 heterocycles. The highest BCUT2D eigenvalue weighted by Gasteiger charge is 2.17. The fourth-order valence-corrected chi connectivity index (χ4v) is 2.56. The van der Waals surface area contributed by atoms with Crippen molar-refractivity contribution in [3.8, 4) is 22.5 Å². The van der Waals surface area contributed by atoms with Gasteiger partial charge in [0.25, 0.3) is 0 Å². The third-order valence-corrected chi connectivity index (χ3v) is 3.51. The summed E-state index contributed by atoms with van der Waals surface area (Å²) in [6.07, 6.45) is 3.49. The van der Waals surface area contributed by atoms with E-state index in [9.17, 15) is 4.79 Å². The highest BCUT2D eigenvalue weighted by Crippen LogP contribution is 2.33. The highest BCUT2D eigenvalue weighted by atomic mass is 16.1. The van der Waals surface area contributed by atoms with Gasteiger partial charge in [-0.1, -0.05) is 36.4 Å². The summed E-state index contributed by atoms with van der Waals surface area (Å²) in [4.78, 5) is 18.2. The molecule has 5 nitrogen and oxygen atoms in total. The summed E-state index contributed by atoms with van der Waals surface area (Å²) in [5.74, 6) is 0. The Morgan fingerprint density at radius 3 is 2.59 bits per heavy atom. The SMILES string of the molecule is O=c1nc(-c2c(-c3ccccc3)nn3ccccc23)cc[nH]1. The molecule has 0 radical (unpaired) electrons. The van der Waals surface area contributed by atoms with E-state index in [0.29, 0.717) is 5.69 Å². The number of nitrogens with zero attached hydrogens (tertiary/aromatic N) is 3. The van der Waals surface area contributed by atoms with Crippen molar-refractivity contribution < 1.29 is 0 Å². The fraction of sp³-hybridized carbons (Fsp3) is 0. The minimum Gasteiger partial charge on any atom is -0.313 e. The lowest BCUT2D eigenvalue weighted by molar-refractivity contribution is 0.966. The van der Waals surface area contributed by atoms with E-state index in [2.05, 4.69) is 15.1 Å². The van der Waals surface area contributed by atoms with Crippen LogP contribution < -0.4 is 5.69 Å². The van der Waals surface area contributed by atoms with Gasteiger partial charge >= 0.3 is 5.69 Å². The molecule has 4 rings (SSSR count). The van der Waals surface area contributed by atoms with E-state index in [1.165, 1.54) is 0 Å². The van der Waals surface area contributed by atoms with Crippen molar-refractivity contribution in [2.24, 2.45) is 0 Å². The Labute approximate surface area is 125 Å². The Bertz CT molecular complexity index is 1000. The van der Waals surface area contributed by atoms with Gasteiger partial charge < -0.3 is 4.98 Å². The maximum Gasteiger partial charge on any atom is 0.345 e. The van der Waals surface area contributed by atoms with Crippen LogP contribution in [0.2, 0.25) is 0 Å². The highest BCUT2D eigenvalue weighted by molar-refractivity contribution is 5.90. The predicted molar refractivity (Wildman–Crippen MR) is 84.5 cm³/mol. The van der Waals surface area contributed by atoms with Crippen LogP contribution in [0.5, 0.6) is 0 Å². The molecule has 0 bridgehead atoms. The van der Waals surface area contributed by atoms with Gasteiger partial charge in [-0.05, 0) is 18.2 Å². The molecule has 0 spiro atoms. The average Bonchev–Trinajstić information content (AvgIpc) is 2.95. The molecule has 106 valence electrons. The number of aromatic amines is 1. The van der Waals surface area contributed by atoms with Crippen molar-refractivity contribution in [2.75, 3.05) is 0 Å². The summed E-state index contributed by atoms with van der Waals surface area (Å²) in [5, 5.41) is 4.65. The lowest BCUT2D eigenvalue weighted by atomic mass is 10.0. The zero-order chi connectivity index (χ0) is 14.9. The molecule has 0 saturated heterocycles. The number of H-pyrrole nitrogens is 1. The Kier molecular flexibility index (Phi) is 2.83. The standard InChI is InChI=1S/C17H12N4O/c22-17-18-10-9-13(19-17)15-14-8-4-5-11-21(14)20-16(15)12-6-2-1-3-7-12/h1-11H,(H,18,19,22). The van der Waals surface area contributed by atoms with E-state index in [1.807, 2.05) is 54.7 Å². The van der Waals surface area contributed by atoms with Crippen LogP contribution in [0, 0.1) is 0 Å². The van der Waals surface area contributed by atoms with Crippen LogP contribution in [0.1, 0.15) is 0 Å². The van der Waals surface area contributed by atoms with Crippen LogP contribution in [0.15, 0.2) is 71.8 Å². The van der Waals surface area contributed by atoms with Gasteiger partial charge in [0.1, 0.15) is 5.69 Å². The van der Waals surface area contributed by atoms with Crippen LogP contribution in [0.25, 0.3) is 28.0 Å². The van der Waals surface area contributed by atoms with Crippen molar-refractivity contribution in [1.82, 2.24) is 19.6 Å². The Hall–Kier alpha value is -3.21. The molecule has 0 amide bonds.